The summed E-state index contributed by atoms with van der Waals surface area (Å²) in [6, 6.07) is 3.47. The van der Waals surface area contributed by atoms with Gasteiger partial charge in [-0.1, -0.05) is 5.92 Å². The Hall–Kier alpha value is -2.82. The van der Waals surface area contributed by atoms with Gasteiger partial charge in [-0.25, -0.2) is 5.43 Å². The van der Waals surface area contributed by atoms with Gasteiger partial charge in [0.1, 0.15) is 0 Å². The SMILES string of the molecule is Nc1cc2c3c(c(C#CCN4CCOCC4)[nH]c3c1)C=NNC2=O. The van der Waals surface area contributed by atoms with Crippen LogP contribution < -0.4 is 11.2 Å². The number of aromatic amines is 1. The molecule has 0 saturated carbocycles. The molecule has 7 nitrogen and oxygen atoms in total. The fourth-order valence-electron chi connectivity index (χ4n) is 3.00. The van der Waals surface area contributed by atoms with Crippen LogP contribution in [0.2, 0.25) is 0 Å². The second-order valence-corrected chi connectivity index (χ2v) is 5.79. The number of hydrogen-bond donors (Lipinski definition) is 3. The summed E-state index contributed by atoms with van der Waals surface area (Å²) in [7, 11) is 0. The first kappa shape index (κ1) is 14.8. The average Bonchev–Trinajstić information content (AvgIpc) is 2.82. The number of anilines is 1. The van der Waals surface area contributed by atoms with Crippen molar-refractivity contribution in [3.63, 3.8) is 0 Å². The van der Waals surface area contributed by atoms with E-state index in [0.717, 1.165) is 48.5 Å². The molecule has 4 rings (SSSR count). The van der Waals surface area contributed by atoms with Crippen LogP contribution in [0.15, 0.2) is 17.2 Å². The Bertz CT molecular complexity index is 897. The maximum absolute atomic E-state index is 12.1. The summed E-state index contributed by atoms with van der Waals surface area (Å²) in [6.45, 7) is 3.98. The molecule has 0 aliphatic carbocycles. The Morgan fingerprint density at radius 1 is 1.33 bits per heavy atom. The Morgan fingerprint density at radius 3 is 3.00 bits per heavy atom. The van der Waals surface area contributed by atoms with E-state index in [1.807, 2.05) is 6.07 Å². The molecule has 2 aliphatic rings. The molecule has 7 heteroatoms. The summed E-state index contributed by atoms with van der Waals surface area (Å²) in [6.07, 6.45) is 1.63. The summed E-state index contributed by atoms with van der Waals surface area (Å²) >= 11 is 0. The molecule has 24 heavy (non-hydrogen) atoms. The number of nitrogens with zero attached hydrogens (tertiary/aromatic N) is 2. The number of morpholine rings is 1. The number of benzene rings is 1. The van der Waals surface area contributed by atoms with Gasteiger partial charge in [-0.05, 0) is 18.1 Å². The van der Waals surface area contributed by atoms with Crippen LogP contribution in [0, 0.1) is 11.8 Å². The van der Waals surface area contributed by atoms with Gasteiger partial charge in [0.25, 0.3) is 5.91 Å². The van der Waals surface area contributed by atoms with Crippen molar-refractivity contribution in [1.29, 1.82) is 0 Å². The lowest BCUT2D eigenvalue weighted by Gasteiger charge is -2.24. The molecule has 0 atom stereocenters. The molecule has 1 aromatic heterocycles. The maximum Gasteiger partial charge on any atom is 0.272 e. The monoisotopic (exact) mass is 323 g/mol. The molecule has 1 aromatic carbocycles. The number of hydrogen-bond acceptors (Lipinski definition) is 5. The molecular weight excluding hydrogens is 306 g/mol. The fourth-order valence-corrected chi connectivity index (χ4v) is 3.00. The first-order chi connectivity index (χ1) is 11.7. The summed E-state index contributed by atoms with van der Waals surface area (Å²) in [5.74, 6) is 6.08. The van der Waals surface area contributed by atoms with Crippen LogP contribution in [0.4, 0.5) is 5.69 Å². The number of nitrogens with one attached hydrogen (secondary N) is 2. The summed E-state index contributed by atoms with van der Waals surface area (Å²) < 4.78 is 5.33. The van der Waals surface area contributed by atoms with Crippen molar-refractivity contribution in [1.82, 2.24) is 15.3 Å². The highest BCUT2D eigenvalue weighted by Gasteiger charge is 2.20. The second kappa shape index (κ2) is 6.00. The first-order valence-electron chi connectivity index (χ1n) is 7.80. The van der Waals surface area contributed by atoms with Crippen molar-refractivity contribution >= 4 is 28.7 Å². The van der Waals surface area contributed by atoms with Gasteiger partial charge in [0.2, 0.25) is 0 Å². The smallest absolute Gasteiger partial charge is 0.272 e. The second-order valence-electron chi connectivity index (χ2n) is 5.79. The lowest BCUT2D eigenvalue weighted by atomic mass is 10.0. The lowest BCUT2D eigenvalue weighted by Crippen LogP contribution is -2.36. The summed E-state index contributed by atoms with van der Waals surface area (Å²) in [5, 5.41) is 4.78. The molecule has 1 amide bonds. The van der Waals surface area contributed by atoms with Crippen LogP contribution in [0.3, 0.4) is 0 Å². The number of hydrazone groups is 1. The third-order valence-corrected chi connectivity index (χ3v) is 4.18. The number of rotatable bonds is 1. The minimum Gasteiger partial charge on any atom is -0.399 e. The number of carbonyl (C=O) groups is 1. The van der Waals surface area contributed by atoms with Crippen molar-refractivity contribution in [2.45, 2.75) is 0 Å². The molecule has 122 valence electrons. The zero-order valence-electron chi connectivity index (χ0n) is 13.1. The highest BCUT2D eigenvalue weighted by molar-refractivity contribution is 6.16. The Labute approximate surface area is 138 Å². The summed E-state index contributed by atoms with van der Waals surface area (Å²) in [5.41, 5.74) is 11.8. The molecule has 1 fully saturated rings. The van der Waals surface area contributed by atoms with Gasteiger partial charge < -0.3 is 15.5 Å². The van der Waals surface area contributed by atoms with E-state index in [2.05, 4.69) is 32.3 Å². The van der Waals surface area contributed by atoms with Crippen molar-refractivity contribution in [2.24, 2.45) is 5.10 Å². The fraction of sp³-hybridized carbons (Fsp3) is 0.294. The van der Waals surface area contributed by atoms with E-state index in [4.69, 9.17) is 10.5 Å². The Kier molecular flexibility index (Phi) is 3.69. The molecule has 3 heterocycles. The zero-order valence-corrected chi connectivity index (χ0v) is 13.1. The number of H-pyrrole nitrogens is 1. The van der Waals surface area contributed by atoms with Crippen molar-refractivity contribution in [3.05, 3.63) is 29.0 Å². The van der Waals surface area contributed by atoms with E-state index in [9.17, 15) is 4.79 Å². The lowest BCUT2D eigenvalue weighted by molar-refractivity contribution is 0.0443. The highest BCUT2D eigenvalue weighted by atomic mass is 16.5. The number of carbonyl (C=O) groups excluding carboxylic acids is 1. The molecule has 4 N–H and O–H groups in total. The molecule has 1 saturated heterocycles. The zero-order chi connectivity index (χ0) is 16.5. The third-order valence-electron chi connectivity index (χ3n) is 4.18. The molecule has 0 bridgehead atoms. The van der Waals surface area contributed by atoms with Crippen LogP contribution >= 0.6 is 0 Å². The highest BCUT2D eigenvalue weighted by Crippen LogP contribution is 2.28. The number of nitrogens with two attached hydrogens (primary N) is 1. The Morgan fingerprint density at radius 2 is 2.17 bits per heavy atom. The normalized spacial score (nSPS) is 17.2. The summed E-state index contributed by atoms with van der Waals surface area (Å²) in [4.78, 5) is 17.6. The van der Waals surface area contributed by atoms with Gasteiger partial charge in [0, 0.05) is 35.2 Å². The molecule has 0 spiro atoms. The van der Waals surface area contributed by atoms with E-state index in [-0.39, 0.29) is 5.91 Å². The largest absolute Gasteiger partial charge is 0.399 e. The molecular formula is C17H17N5O2. The number of ether oxygens (including phenoxy) is 1. The number of amides is 1. The van der Waals surface area contributed by atoms with Crippen LogP contribution in [-0.2, 0) is 4.74 Å². The van der Waals surface area contributed by atoms with E-state index in [1.54, 1.807) is 12.3 Å². The maximum atomic E-state index is 12.1. The molecule has 0 unspecified atom stereocenters. The average molecular weight is 323 g/mol. The van der Waals surface area contributed by atoms with Gasteiger partial charge in [0.05, 0.1) is 37.2 Å². The topological polar surface area (TPSA) is 95.7 Å². The van der Waals surface area contributed by atoms with Crippen molar-refractivity contribution in [2.75, 3.05) is 38.6 Å². The van der Waals surface area contributed by atoms with Crippen LogP contribution in [0.25, 0.3) is 10.9 Å². The predicted octanol–water partition coefficient (Wildman–Crippen LogP) is 0.511. The first-order valence-corrected chi connectivity index (χ1v) is 7.80. The van der Waals surface area contributed by atoms with E-state index >= 15 is 0 Å². The predicted molar refractivity (Wildman–Crippen MR) is 91.9 cm³/mol. The van der Waals surface area contributed by atoms with Crippen molar-refractivity contribution in [3.8, 4) is 11.8 Å². The van der Waals surface area contributed by atoms with Gasteiger partial charge in [-0.15, -0.1) is 0 Å². The standard InChI is InChI=1S/C17H17N5O2/c18-11-8-12-16-13(10-19-21-17(12)23)14(20-15(16)9-11)2-1-3-22-4-6-24-7-5-22/h8-10,20H,3-7,18H2,(H,21,23). The van der Waals surface area contributed by atoms with E-state index in [0.29, 0.717) is 17.8 Å². The third kappa shape index (κ3) is 2.62. The molecule has 0 radical (unpaired) electrons. The van der Waals surface area contributed by atoms with Gasteiger partial charge in [-0.2, -0.15) is 5.10 Å². The van der Waals surface area contributed by atoms with E-state index < -0.39 is 0 Å². The van der Waals surface area contributed by atoms with Gasteiger partial charge in [0.15, 0.2) is 0 Å². The van der Waals surface area contributed by atoms with Gasteiger partial charge >= 0.3 is 0 Å². The minimum atomic E-state index is -0.269. The number of aromatic nitrogens is 1. The van der Waals surface area contributed by atoms with Crippen LogP contribution in [-0.4, -0.2) is 54.9 Å². The number of nitrogen functional groups attached to an aromatic ring is 1. The molecule has 2 aliphatic heterocycles. The van der Waals surface area contributed by atoms with Crippen LogP contribution in [0.1, 0.15) is 21.6 Å². The molecule has 2 aromatic rings. The van der Waals surface area contributed by atoms with E-state index in [1.165, 1.54) is 0 Å². The van der Waals surface area contributed by atoms with Crippen molar-refractivity contribution < 1.29 is 9.53 Å². The quantitative estimate of drug-likeness (QED) is 0.526. The van der Waals surface area contributed by atoms with Gasteiger partial charge in [-0.3, -0.25) is 9.69 Å². The van der Waals surface area contributed by atoms with Crippen LogP contribution in [0.5, 0.6) is 0 Å². The minimum absolute atomic E-state index is 0.269. The Balaban J connectivity index is 1.72.